The third-order valence-electron chi connectivity index (χ3n) is 2.97. The molecule has 0 fully saturated rings. The summed E-state index contributed by atoms with van der Waals surface area (Å²) < 4.78 is 0. The topological polar surface area (TPSA) is 14.1 Å². The largest absolute Gasteiger partial charge is 0.253 e. The Morgan fingerprint density at radius 1 is 1.23 bits per heavy atom. The van der Waals surface area contributed by atoms with Crippen molar-refractivity contribution in [1.29, 1.82) is 0 Å². The van der Waals surface area contributed by atoms with Crippen molar-refractivity contribution in [1.82, 2.24) is 5.32 Å². The molecule has 0 bridgehead atoms. The SMILES string of the molecule is C1=C2[N]c3ccccc3C2CCC1. The fourth-order valence-corrected chi connectivity index (χ4v) is 2.32. The summed E-state index contributed by atoms with van der Waals surface area (Å²) in [6.45, 7) is 0. The summed E-state index contributed by atoms with van der Waals surface area (Å²) in [6.07, 6.45) is 6.11. The van der Waals surface area contributed by atoms with Crippen molar-refractivity contribution in [3.8, 4) is 0 Å². The molecule has 1 heterocycles. The van der Waals surface area contributed by atoms with E-state index in [-0.39, 0.29) is 0 Å². The van der Waals surface area contributed by atoms with E-state index in [1.165, 1.54) is 36.2 Å². The van der Waals surface area contributed by atoms with Gasteiger partial charge in [-0.05, 0) is 30.9 Å². The van der Waals surface area contributed by atoms with Crippen LogP contribution in [0.25, 0.3) is 0 Å². The summed E-state index contributed by atoms with van der Waals surface area (Å²) in [4.78, 5) is 0. The highest BCUT2D eigenvalue weighted by atomic mass is 14.9. The average molecular weight is 170 g/mol. The third-order valence-corrected chi connectivity index (χ3v) is 2.97. The second-order valence-electron chi connectivity index (χ2n) is 3.78. The minimum atomic E-state index is 0.616. The quantitative estimate of drug-likeness (QED) is 0.568. The van der Waals surface area contributed by atoms with Gasteiger partial charge in [-0.15, -0.1) is 0 Å². The van der Waals surface area contributed by atoms with Crippen LogP contribution in [-0.4, -0.2) is 0 Å². The fraction of sp³-hybridized carbons (Fsp3) is 0.333. The normalized spacial score (nSPS) is 24.3. The van der Waals surface area contributed by atoms with Gasteiger partial charge in [0.1, 0.15) is 0 Å². The van der Waals surface area contributed by atoms with Crippen LogP contribution in [0.15, 0.2) is 36.0 Å². The number of hydrogen-bond donors (Lipinski definition) is 0. The lowest BCUT2D eigenvalue weighted by atomic mass is 9.89. The number of hydrogen-bond acceptors (Lipinski definition) is 0. The van der Waals surface area contributed by atoms with Crippen LogP contribution in [0, 0.1) is 0 Å². The molecule has 0 saturated heterocycles. The molecule has 65 valence electrons. The third kappa shape index (κ3) is 0.998. The molecule has 1 heteroatoms. The molecule has 3 rings (SSSR count). The molecular weight excluding hydrogens is 158 g/mol. The summed E-state index contributed by atoms with van der Waals surface area (Å²) in [5.74, 6) is 0.616. The van der Waals surface area contributed by atoms with Gasteiger partial charge >= 0.3 is 0 Å². The second kappa shape index (κ2) is 2.63. The number of benzene rings is 1. The molecule has 1 aromatic rings. The summed E-state index contributed by atoms with van der Waals surface area (Å²) >= 11 is 0. The first-order chi connectivity index (χ1) is 6.45. The zero-order chi connectivity index (χ0) is 8.67. The van der Waals surface area contributed by atoms with Crippen LogP contribution in [-0.2, 0) is 0 Å². The number of nitrogens with zero attached hydrogens (tertiary/aromatic N) is 1. The van der Waals surface area contributed by atoms with E-state index in [1.54, 1.807) is 0 Å². The van der Waals surface area contributed by atoms with Gasteiger partial charge in [0.15, 0.2) is 0 Å². The Hall–Kier alpha value is -1.24. The van der Waals surface area contributed by atoms with E-state index >= 15 is 0 Å². The molecule has 0 amide bonds. The molecule has 0 saturated carbocycles. The van der Waals surface area contributed by atoms with Crippen LogP contribution in [0.4, 0.5) is 5.69 Å². The van der Waals surface area contributed by atoms with Gasteiger partial charge in [-0.25, -0.2) is 0 Å². The molecule has 1 atom stereocenters. The van der Waals surface area contributed by atoms with Gasteiger partial charge < -0.3 is 0 Å². The maximum Gasteiger partial charge on any atom is 0.0671 e. The van der Waals surface area contributed by atoms with Gasteiger partial charge in [-0.2, -0.15) is 0 Å². The summed E-state index contributed by atoms with van der Waals surface area (Å²) in [5, 5.41) is 4.63. The zero-order valence-corrected chi connectivity index (χ0v) is 7.53. The van der Waals surface area contributed by atoms with E-state index in [2.05, 4.69) is 35.7 Å². The maximum atomic E-state index is 4.63. The predicted octanol–water partition coefficient (Wildman–Crippen LogP) is 3.09. The van der Waals surface area contributed by atoms with Gasteiger partial charge in [0, 0.05) is 11.6 Å². The predicted molar refractivity (Wildman–Crippen MR) is 52.9 cm³/mol. The molecule has 1 aliphatic carbocycles. The number of rotatable bonds is 0. The highest BCUT2D eigenvalue weighted by Gasteiger charge is 2.29. The van der Waals surface area contributed by atoms with Crippen molar-refractivity contribution < 1.29 is 0 Å². The molecule has 1 aromatic carbocycles. The van der Waals surface area contributed by atoms with Gasteiger partial charge in [-0.3, -0.25) is 5.32 Å². The highest BCUT2D eigenvalue weighted by Crippen LogP contribution is 2.43. The molecule has 1 unspecified atom stereocenters. The van der Waals surface area contributed by atoms with E-state index < -0.39 is 0 Å². The summed E-state index contributed by atoms with van der Waals surface area (Å²) in [6, 6.07) is 8.52. The lowest BCUT2D eigenvalue weighted by Crippen LogP contribution is -2.03. The Morgan fingerprint density at radius 3 is 3.15 bits per heavy atom. The Morgan fingerprint density at radius 2 is 2.15 bits per heavy atom. The van der Waals surface area contributed by atoms with Crippen LogP contribution in [0.1, 0.15) is 30.7 Å². The monoisotopic (exact) mass is 170 g/mol. The van der Waals surface area contributed by atoms with Crippen LogP contribution in [0.3, 0.4) is 0 Å². The fourth-order valence-electron chi connectivity index (χ4n) is 2.32. The van der Waals surface area contributed by atoms with E-state index in [0.29, 0.717) is 5.92 Å². The first-order valence-electron chi connectivity index (χ1n) is 4.96. The molecule has 0 spiro atoms. The second-order valence-corrected chi connectivity index (χ2v) is 3.78. The molecule has 1 radical (unpaired) electrons. The molecule has 2 aliphatic rings. The average Bonchev–Trinajstić information content (AvgIpc) is 2.56. The maximum absolute atomic E-state index is 4.63. The van der Waals surface area contributed by atoms with Crippen molar-refractivity contribution >= 4 is 5.69 Å². The Kier molecular flexibility index (Phi) is 1.45. The van der Waals surface area contributed by atoms with Crippen molar-refractivity contribution in [2.24, 2.45) is 0 Å². The molecule has 0 N–H and O–H groups in total. The molecule has 0 aromatic heterocycles. The highest BCUT2D eigenvalue weighted by molar-refractivity contribution is 5.57. The number of para-hydroxylation sites is 1. The van der Waals surface area contributed by atoms with Crippen LogP contribution < -0.4 is 5.32 Å². The van der Waals surface area contributed by atoms with Crippen molar-refractivity contribution in [2.75, 3.05) is 0 Å². The van der Waals surface area contributed by atoms with Gasteiger partial charge in [-0.1, -0.05) is 24.3 Å². The first-order valence-corrected chi connectivity index (χ1v) is 4.96. The van der Waals surface area contributed by atoms with E-state index in [0.717, 1.165) is 0 Å². The van der Waals surface area contributed by atoms with Gasteiger partial charge in [0.05, 0.1) is 5.69 Å². The molecule has 13 heavy (non-hydrogen) atoms. The minimum absolute atomic E-state index is 0.616. The molecular formula is C12H12N. The van der Waals surface area contributed by atoms with Gasteiger partial charge in [0.2, 0.25) is 0 Å². The summed E-state index contributed by atoms with van der Waals surface area (Å²) in [5.41, 5.74) is 3.95. The smallest absolute Gasteiger partial charge is 0.0671 e. The van der Waals surface area contributed by atoms with Crippen LogP contribution >= 0.6 is 0 Å². The Labute approximate surface area is 78.5 Å². The standard InChI is InChI=1S/C12H12N/c1-3-7-11-9(5-1)10-6-2-4-8-12(10)13-11/h1,3,5,7-8,10H,2,4,6H2. The van der Waals surface area contributed by atoms with Crippen LogP contribution in [0.2, 0.25) is 0 Å². The van der Waals surface area contributed by atoms with Crippen LogP contribution in [0.5, 0.6) is 0 Å². The lowest BCUT2D eigenvalue weighted by molar-refractivity contribution is 0.624. The Bertz CT molecular complexity index is 365. The Balaban J connectivity index is 2.12. The number of fused-ring (bicyclic) bond motifs is 3. The van der Waals surface area contributed by atoms with E-state index in [9.17, 15) is 0 Å². The van der Waals surface area contributed by atoms with Gasteiger partial charge in [0.25, 0.3) is 0 Å². The lowest BCUT2D eigenvalue weighted by Gasteiger charge is -2.15. The van der Waals surface area contributed by atoms with Crippen molar-refractivity contribution in [2.45, 2.75) is 25.2 Å². The van der Waals surface area contributed by atoms with E-state index in [4.69, 9.17) is 0 Å². The van der Waals surface area contributed by atoms with E-state index in [1.807, 2.05) is 0 Å². The number of allylic oxidation sites excluding steroid dienone is 2. The van der Waals surface area contributed by atoms with Crippen molar-refractivity contribution in [3.63, 3.8) is 0 Å². The molecule has 1 nitrogen and oxygen atoms in total. The van der Waals surface area contributed by atoms with Crippen molar-refractivity contribution in [3.05, 3.63) is 41.6 Å². The zero-order valence-electron chi connectivity index (χ0n) is 7.53. The summed E-state index contributed by atoms with van der Waals surface area (Å²) in [7, 11) is 0. The minimum Gasteiger partial charge on any atom is -0.253 e. The first kappa shape index (κ1) is 7.19. The molecule has 1 aliphatic heterocycles.